The third kappa shape index (κ3) is 4.83. The van der Waals surface area contributed by atoms with Gasteiger partial charge in [0.25, 0.3) is 0 Å². The summed E-state index contributed by atoms with van der Waals surface area (Å²) in [6, 6.07) is 10.7. The maximum atomic E-state index is 12.9. The minimum atomic E-state index is 0.0558. The maximum absolute atomic E-state index is 12.9. The molecule has 0 radical (unpaired) electrons. The molecule has 6 rings (SSSR count). The van der Waals surface area contributed by atoms with Crippen molar-refractivity contribution in [2.45, 2.75) is 38.3 Å². The van der Waals surface area contributed by atoms with Gasteiger partial charge in [-0.25, -0.2) is 9.97 Å². The molecule has 3 aromatic rings. The lowest BCUT2D eigenvalue weighted by Crippen LogP contribution is -2.45. The number of rotatable bonds is 5. The van der Waals surface area contributed by atoms with Gasteiger partial charge in [0, 0.05) is 43.6 Å². The number of H-pyrrole nitrogens is 1. The van der Waals surface area contributed by atoms with Crippen molar-refractivity contribution in [1.82, 2.24) is 25.2 Å². The second kappa shape index (κ2) is 10.2. The van der Waals surface area contributed by atoms with Gasteiger partial charge in [-0.15, -0.1) is 0 Å². The van der Waals surface area contributed by atoms with Crippen LogP contribution in [-0.2, 0) is 9.53 Å². The molecule has 2 aromatic heterocycles. The number of nitrogens with zero attached hydrogens (tertiary/aromatic N) is 4. The number of carbonyl (C=O) groups is 1. The van der Waals surface area contributed by atoms with Crippen LogP contribution >= 0.6 is 0 Å². The summed E-state index contributed by atoms with van der Waals surface area (Å²) in [7, 11) is 0. The Hall–Kier alpha value is -3.01. The molecule has 3 aliphatic rings. The first-order valence-electron chi connectivity index (χ1n) is 13.2. The zero-order chi connectivity index (χ0) is 24.5. The number of benzene rings is 1. The van der Waals surface area contributed by atoms with Crippen LogP contribution in [-0.4, -0.2) is 83.8 Å². The molecule has 0 aliphatic carbocycles. The van der Waals surface area contributed by atoms with Crippen LogP contribution in [0.1, 0.15) is 26.2 Å². The van der Waals surface area contributed by atoms with Gasteiger partial charge in [-0.2, -0.15) is 0 Å². The summed E-state index contributed by atoms with van der Waals surface area (Å²) < 4.78 is 5.69. The van der Waals surface area contributed by atoms with Gasteiger partial charge in [-0.05, 0) is 63.0 Å². The Morgan fingerprint density at radius 1 is 1.14 bits per heavy atom. The van der Waals surface area contributed by atoms with Crippen molar-refractivity contribution in [1.29, 1.82) is 0 Å². The third-order valence-electron chi connectivity index (χ3n) is 7.79. The van der Waals surface area contributed by atoms with Crippen LogP contribution in [0.2, 0.25) is 0 Å². The highest BCUT2D eigenvalue weighted by Gasteiger charge is 2.32. The minimum absolute atomic E-state index is 0.0558. The highest BCUT2D eigenvalue weighted by Crippen LogP contribution is 2.30. The number of piperidine rings is 1. The summed E-state index contributed by atoms with van der Waals surface area (Å²) in [6.45, 7) is 8.46. The summed E-state index contributed by atoms with van der Waals surface area (Å²) in [5, 5.41) is 7.63. The van der Waals surface area contributed by atoms with E-state index in [1.165, 1.54) is 12.8 Å². The Kier molecular flexibility index (Phi) is 6.60. The van der Waals surface area contributed by atoms with Gasteiger partial charge < -0.3 is 25.3 Å². The molecule has 3 aliphatic heterocycles. The van der Waals surface area contributed by atoms with Gasteiger partial charge >= 0.3 is 0 Å². The molecule has 0 spiro atoms. The zero-order valence-electron chi connectivity index (χ0n) is 20.9. The number of aromatic amines is 1. The van der Waals surface area contributed by atoms with Crippen LogP contribution in [0.4, 0.5) is 11.5 Å². The lowest BCUT2D eigenvalue weighted by Gasteiger charge is -2.32. The first kappa shape index (κ1) is 23.4. The molecule has 3 fully saturated rings. The van der Waals surface area contributed by atoms with E-state index in [9.17, 15) is 4.79 Å². The van der Waals surface area contributed by atoms with Gasteiger partial charge in [0.1, 0.15) is 17.8 Å². The Balaban J connectivity index is 1.12. The van der Waals surface area contributed by atoms with Crippen molar-refractivity contribution in [3.8, 4) is 11.3 Å². The Bertz CT molecular complexity index is 1200. The number of ether oxygens (including phenoxy) is 1. The van der Waals surface area contributed by atoms with Crippen molar-refractivity contribution in [2.75, 3.05) is 56.1 Å². The predicted octanol–water partition coefficient (Wildman–Crippen LogP) is 2.86. The molecule has 1 unspecified atom stereocenters. The third-order valence-corrected chi connectivity index (χ3v) is 7.79. The quantitative estimate of drug-likeness (QED) is 0.507. The number of nitrogens with one attached hydrogen (secondary N) is 3. The van der Waals surface area contributed by atoms with E-state index in [1.807, 2.05) is 24.3 Å². The molecule has 9 nitrogen and oxygen atoms in total. The van der Waals surface area contributed by atoms with E-state index in [2.05, 4.69) is 48.4 Å². The fourth-order valence-corrected chi connectivity index (χ4v) is 5.80. The van der Waals surface area contributed by atoms with E-state index in [1.54, 1.807) is 6.33 Å². The first-order valence-corrected chi connectivity index (χ1v) is 13.2. The summed E-state index contributed by atoms with van der Waals surface area (Å²) in [5.41, 5.74) is 3.69. The molecule has 3 N–H and O–H groups in total. The molecular formula is C27H35N7O2. The number of anilines is 2. The lowest BCUT2D eigenvalue weighted by molar-refractivity contribution is -0.119. The van der Waals surface area contributed by atoms with Crippen LogP contribution < -0.4 is 15.5 Å². The summed E-state index contributed by atoms with van der Waals surface area (Å²) in [6.07, 6.45) is 5.18. The Morgan fingerprint density at radius 3 is 2.83 bits per heavy atom. The molecule has 5 heterocycles. The fourth-order valence-electron chi connectivity index (χ4n) is 5.80. The topological polar surface area (TPSA) is 98.4 Å². The molecular weight excluding hydrogens is 454 g/mol. The molecule has 1 amide bonds. The molecule has 9 heteroatoms. The highest BCUT2D eigenvalue weighted by molar-refractivity contribution is 5.94. The first-order chi connectivity index (χ1) is 17.6. The molecule has 190 valence electrons. The fraction of sp³-hybridized carbons (Fsp3) is 0.519. The van der Waals surface area contributed by atoms with Crippen molar-refractivity contribution in [3.05, 3.63) is 36.7 Å². The number of carbonyl (C=O) groups excluding carboxylic acids is 1. The van der Waals surface area contributed by atoms with Crippen molar-refractivity contribution < 1.29 is 9.53 Å². The van der Waals surface area contributed by atoms with Crippen molar-refractivity contribution >= 4 is 28.4 Å². The smallest absolute Gasteiger partial charge is 0.228 e. The monoisotopic (exact) mass is 489 g/mol. The van der Waals surface area contributed by atoms with Gasteiger partial charge in [-0.1, -0.05) is 12.1 Å². The Labute approximate surface area is 211 Å². The number of morpholine rings is 1. The van der Waals surface area contributed by atoms with Crippen LogP contribution in [0.25, 0.3) is 22.3 Å². The van der Waals surface area contributed by atoms with Gasteiger partial charge in [0.2, 0.25) is 5.91 Å². The minimum Gasteiger partial charge on any atom is -0.375 e. The number of aromatic nitrogens is 3. The molecule has 3 atom stereocenters. The zero-order valence-corrected chi connectivity index (χ0v) is 20.9. The van der Waals surface area contributed by atoms with E-state index >= 15 is 0 Å². The van der Waals surface area contributed by atoms with E-state index < -0.39 is 0 Å². The molecule has 3 saturated heterocycles. The molecule has 1 aromatic carbocycles. The van der Waals surface area contributed by atoms with Crippen molar-refractivity contribution in [3.63, 3.8) is 0 Å². The van der Waals surface area contributed by atoms with Crippen LogP contribution in [0, 0.1) is 5.92 Å². The van der Waals surface area contributed by atoms with E-state index in [0.717, 1.165) is 79.5 Å². The standard InChI is InChI=1S/C27H35N7O2/c1-18-15-34(11-12-36-18)26-23-13-24(32-25(23)29-17-30-26)19-4-6-21(7-5-19)31-27(35)20-8-10-33(16-20)22-3-2-9-28-14-22/h4-7,13,17-18,20,22,28H,2-3,8-12,14-16H2,1H3,(H,31,35)(H,29,30,32)/t18-,20-,22?/m1/s1. The number of fused-ring (bicyclic) bond motifs is 1. The van der Waals surface area contributed by atoms with Crippen LogP contribution in [0.15, 0.2) is 36.7 Å². The molecule has 0 saturated carbocycles. The second-order valence-corrected chi connectivity index (χ2v) is 10.3. The number of hydrogen-bond donors (Lipinski definition) is 3. The van der Waals surface area contributed by atoms with Crippen molar-refractivity contribution in [2.24, 2.45) is 5.92 Å². The van der Waals surface area contributed by atoms with Crippen LogP contribution in [0.3, 0.4) is 0 Å². The average Bonchev–Trinajstić information content (AvgIpc) is 3.58. The van der Waals surface area contributed by atoms with Crippen LogP contribution in [0.5, 0.6) is 0 Å². The Morgan fingerprint density at radius 2 is 2.03 bits per heavy atom. The largest absolute Gasteiger partial charge is 0.375 e. The van der Waals surface area contributed by atoms with E-state index in [4.69, 9.17) is 4.74 Å². The average molecular weight is 490 g/mol. The van der Waals surface area contributed by atoms with Gasteiger partial charge in [0.05, 0.1) is 24.0 Å². The summed E-state index contributed by atoms with van der Waals surface area (Å²) >= 11 is 0. The summed E-state index contributed by atoms with van der Waals surface area (Å²) in [4.78, 5) is 30.2. The number of amides is 1. The number of likely N-dealkylation sites (tertiary alicyclic amines) is 1. The second-order valence-electron chi connectivity index (χ2n) is 10.3. The number of hydrogen-bond acceptors (Lipinski definition) is 7. The summed E-state index contributed by atoms with van der Waals surface area (Å²) in [5.74, 6) is 1.12. The predicted molar refractivity (Wildman–Crippen MR) is 141 cm³/mol. The highest BCUT2D eigenvalue weighted by atomic mass is 16.5. The van der Waals surface area contributed by atoms with Gasteiger partial charge in [0.15, 0.2) is 0 Å². The molecule has 36 heavy (non-hydrogen) atoms. The van der Waals surface area contributed by atoms with E-state index in [0.29, 0.717) is 12.6 Å². The van der Waals surface area contributed by atoms with Gasteiger partial charge in [-0.3, -0.25) is 9.69 Å². The molecule has 0 bridgehead atoms. The lowest BCUT2D eigenvalue weighted by atomic mass is 10.1. The maximum Gasteiger partial charge on any atom is 0.228 e. The SMILES string of the molecule is C[C@@H]1CN(c2ncnc3[nH]c(-c4ccc(NC(=O)[C@@H]5CCN(C6CCCNC6)C5)cc4)cc23)CCO1. The normalized spacial score (nSPS) is 25.4. The van der Waals surface area contributed by atoms with E-state index in [-0.39, 0.29) is 17.9 Å².